The van der Waals surface area contributed by atoms with Crippen LogP contribution in [-0.2, 0) is 11.4 Å². The summed E-state index contributed by atoms with van der Waals surface area (Å²) < 4.78 is 27.3. The van der Waals surface area contributed by atoms with E-state index >= 15 is 0 Å². The van der Waals surface area contributed by atoms with E-state index in [4.69, 9.17) is 9.47 Å². The van der Waals surface area contributed by atoms with Crippen LogP contribution in [0, 0.1) is 5.82 Å². The molecule has 0 fully saturated rings. The number of para-hydroxylation sites is 1. The van der Waals surface area contributed by atoms with Crippen molar-refractivity contribution in [2.24, 2.45) is 0 Å². The van der Waals surface area contributed by atoms with Crippen molar-refractivity contribution in [3.8, 4) is 17.2 Å². The van der Waals surface area contributed by atoms with Crippen molar-refractivity contribution in [3.05, 3.63) is 60.2 Å². The standard InChI is InChI=1S/C24H29FN4O3S/c1-16(2)28(17(3)4)23(30)15-33-24-27-26-22(29(24)21-9-7-6-8-20(21)25)14-32-19-12-10-18(31-5)11-13-19/h6-13,16-17H,14-15H2,1-5H3. The number of aromatic nitrogens is 3. The molecular weight excluding hydrogens is 443 g/mol. The van der Waals surface area contributed by atoms with Crippen molar-refractivity contribution in [3.63, 3.8) is 0 Å². The van der Waals surface area contributed by atoms with Crippen molar-refractivity contribution >= 4 is 17.7 Å². The Morgan fingerprint density at radius 2 is 1.67 bits per heavy atom. The van der Waals surface area contributed by atoms with Crippen LogP contribution < -0.4 is 9.47 Å². The fourth-order valence-corrected chi connectivity index (χ4v) is 4.39. The van der Waals surface area contributed by atoms with Crippen LogP contribution in [-0.4, -0.2) is 50.5 Å². The van der Waals surface area contributed by atoms with E-state index in [2.05, 4.69) is 10.2 Å². The first-order valence-corrected chi connectivity index (χ1v) is 11.7. The maximum atomic E-state index is 14.7. The van der Waals surface area contributed by atoms with Crippen LogP contribution in [0.3, 0.4) is 0 Å². The van der Waals surface area contributed by atoms with E-state index in [-0.39, 0.29) is 30.4 Å². The Bertz CT molecular complexity index is 1060. The lowest BCUT2D eigenvalue weighted by Gasteiger charge is -2.30. The van der Waals surface area contributed by atoms with Gasteiger partial charge in [0.15, 0.2) is 11.0 Å². The maximum absolute atomic E-state index is 14.7. The van der Waals surface area contributed by atoms with Gasteiger partial charge in [0.2, 0.25) is 5.91 Å². The molecule has 3 rings (SSSR count). The second-order valence-electron chi connectivity index (χ2n) is 7.93. The molecule has 176 valence electrons. The minimum Gasteiger partial charge on any atom is -0.497 e. The first-order chi connectivity index (χ1) is 15.8. The highest BCUT2D eigenvalue weighted by Crippen LogP contribution is 2.26. The number of hydrogen-bond donors (Lipinski definition) is 0. The fraction of sp³-hybridized carbons (Fsp3) is 0.375. The Morgan fingerprint density at radius 3 is 2.27 bits per heavy atom. The zero-order chi connectivity index (χ0) is 24.0. The number of carbonyl (C=O) groups excluding carboxylic acids is 1. The van der Waals surface area contributed by atoms with Crippen molar-refractivity contribution < 1.29 is 18.7 Å². The lowest BCUT2D eigenvalue weighted by molar-refractivity contribution is -0.131. The molecule has 0 aliphatic carbocycles. The van der Waals surface area contributed by atoms with E-state index in [1.54, 1.807) is 54.1 Å². The largest absolute Gasteiger partial charge is 0.497 e. The molecule has 0 saturated heterocycles. The summed E-state index contributed by atoms with van der Waals surface area (Å²) in [5.41, 5.74) is 0.301. The Hall–Kier alpha value is -3.07. The van der Waals surface area contributed by atoms with Crippen LogP contribution in [0.15, 0.2) is 53.7 Å². The van der Waals surface area contributed by atoms with Gasteiger partial charge in [0.25, 0.3) is 0 Å². The average molecular weight is 473 g/mol. The van der Waals surface area contributed by atoms with Crippen LogP contribution >= 0.6 is 11.8 Å². The molecule has 1 amide bonds. The zero-order valence-electron chi connectivity index (χ0n) is 19.5. The summed E-state index contributed by atoms with van der Waals surface area (Å²) in [7, 11) is 1.60. The molecule has 0 aliphatic rings. The highest BCUT2D eigenvalue weighted by atomic mass is 32.2. The minimum absolute atomic E-state index is 0.0101. The van der Waals surface area contributed by atoms with Gasteiger partial charge in [-0.05, 0) is 64.1 Å². The summed E-state index contributed by atoms with van der Waals surface area (Å²) >= 11 is 1.23. The summed E-state index contributed by atoms with van der Waals surface area (Å²) in [5.74, 6) is 1.51. The Balaban J connectivity index is 1.84. The lowest BCUT2D eigenvalue weighted by Crippen LogP contribution is -2.43. The molecule has 0 aliphatic heterocycles. The molecular formula is C24H29FN4O3S. The van der Waals surface area contributed by atoms with Crippen LogP contribution in [0.2, 0.25) is 0 Å². The molecule has 33 heavy (non-hydrogen) atoms. The van der Waals surface area contributed by atoms with Crippen LogP contribution in [0.25, 0.3) is 5.69 Å². The van der Waals surface area contributed by atoms with E-state index in [0.29, 0.717) is 22.4 Å². The van der Waals surface area contributed by atoms with Crippen molar-refractivity contribution in [1.29, 1.82) is 0 Å². The summed E-state index contributed by atoms with van der Waals surface area (Å²) in [5, 5.41) is 8.88. The van der Waals surface area contributed by atoms with E-state index < -0.39 is 5.82 Å². The smallest absolute Gasteiger partial charge is 0.233 e. The number of thioether (sulfide) groups is 1. The third kappa shape index (κ3) is 6.04. The third-order valence-electron chi connectivity index (χ3n) is 4.95. The van der Waals surface area contributed by atoms with Gasteiger partial charge < -0.3 is 14.4 Å². The van der Waals surface area contributed by atoms with Gasteiger partial charge in [-0.3, -0.25) is 9.36 Å². The number of halogens is 1. The lowest BCUT2D eigenvalue weighted by atomic mass is 10.2. The average Bonchev–Trinajstić information content (AvgIpc) is 3.19. The highest BCUT2D eigenvalue weighted by Gasteiger charge is 2.23. The fourth-order valence-electron chi connectivity index (χ4n) is 3.56. The van der Waals surface area contributed by atoms with Gasteiger partial charge in [-0.1, -0.05) is 23.9 Å². The molecule has 0 bridgehead atoms. The quantitative estimate of drug-likeness (QED) is 0.397. The molecule has 0 unspecified atom stereocenters. The molecule has 1 aromatic heterocycles. The summed E-state index contributed by atoms with van der Waals surface area (Å²) in [4.78, 5) is 14.6. The monoisotopic (exact) mass is 472 g/mol. The van der Waals surface area contributed by atoms with Crippen molar-refractivity contribution in [2.45, 2.75) is 51.5 Å². The second-order valence-corrected chi connectivity index (χ2v) is 8.87. The topological polar surface area (TPSA) is 69.5 Å². The molecule has 0 spiro atoms. The number of hydrogen-bond acceptors (Lipinski definition) is 6. The predicted molar refractivity (Wildman–Crippen MR) is 126 cm³/mol. The minimum atomic E-state index is -0.415. The summed E-state index contributed by atoms with van der Waals surface area (Å²) in [6, 6.07) is 13.7. The SMILES string of the molecule is COc1ccc(OCc2nnc(SCC(=O)N(C(C)C)C(C)C)n2-c2ccccc2F)cc1. The first-order valence-electron chi connectivity index (χ1n) is 10.7. The van der Waals surface area contributed by atoms with Crippen molar-refractivity contribution in [1.82, 2.24) is 19.7 Å². The maximum Gasteiger partial charge on any atom is 0.233 e. The molecule has 0 saturated carbocycles. The van der Waals surface area contributed by atoms with E-state index in [1.165, 1.54) is 17.8 Å². The molecule has 9 heteroatoms. The summed E-state index contributed by atoms with van der Waals surface area (Å²) in [6.45, 7) is 8.02. The summed E-state index contributed by atoms with van der Waals surface area (Å²) in [6.07, 6.45) is 0. The molecule has 2 aromatic carbocycles. The van der Waals surface area contributed by atoms with Crippen LogP contribution in [0.4, 0.5) is 4.39 Å². The highest BCUT2D eigenvalue weighted by molar-refractivity contribution is 7.99. The molecule has 0 atom stereocenters. The number of methoxy groups -OCH3 is 1. The number of nitrogens with zero attached hydrogens (tertiary/aromatic N) is 4. The Kier molecular flexibility index (Phi) is 8.32. The van der Waals surface area contributed by atoms with E-state index in [9.17, 15) is 9.18 Å². The predicted octanol–water partition coefficient (Wildman–Crippen LogP) is 4.73. The molecule has 7 nitrogen and oxygen atoms in total. The molecule has 3 aromatic rings. The number of amides is 1. The van der Waals surface area contributed by atoms with Crippen LogP contribution in [0.5, 0.6) is 11.5 Å². The van der Waals surface area contributed by atoms with Crippen LogP contribution in [0.1, 0.15) is 33.5 Å². The van der Waals surface area contributed by atoms with Crippen molar-refractivity contribution in [2.75, 3.05) is 12.9 Å². The molecule has 0 radical (unpaired) electrons. The van der Waals surface area contributed by atoms with E-state index in [0.717, 1.165) is 5.75 Å². The Morgan fingerprint density at radius 1 is 1.03 bits per heavy atom. The van der Waals surface area contributed by atoms with E-state index in [1.807, 2.05) is 32.6 Å². The Labute approximate surface area is 197 Å². The number of benzene rings is 2. The molecule has 0 N–H and O–H groups in total. The van der Waals surface area contributed by atoms with Gasteiger partial charge in [0, 0.05) is 12.1 Å². The van der Waals surface area contributed by atoms with Gasteiger partial charge in [-0.2, -0.15) is 0 Å². The molecule has 1 heterocycles. The van der Waals surface area contributed by atoms with Gasteiger partial charge in [-0.15, -0.1) is 10.2 Å². The normalized spacial score (nSPS) is 11.2. The second kappa shape index (κ2) is 11.2. The first kappa shape index (κ1) is 24.6. The number of carbonyl (C=O) groups is 1. The zero-order valence-corrected chi connectivity index (χ0v) is 20.3. The number of rotatable bonds is 10. The van der Waals surface area contributed by atoms with Gasteiger partial charge >= 0.3 is 0 Å². The van der Waals surface area contributed by atoms with Gasteiger partial charge in [0.1, 0.15) is 23.9 Å². The van der Waals surface area contributed by atoms with Gasteiger partial charge in [-0.25, -0.2) is 4.39 Å². The van der Waals surface area contributed by atoms with Gasteiger partial charge in [0.05, 0.1) is 18.6 Å². The third-order valence-corrected chi connectivity index (χ3v) is 5.86. The number of ether oxygens (including phenoxy) is 2.